The van der Waals surface area contributed by atoms with E-state index in [9.17, 15) is 0 Å². The number of hydrogen-bond donors (Lipinski definition) is 2. The second kappa shape index (κ2) is 3.68. The van der Waals surface area contributed by atoms with Gasteiger partial charge < -0.3 is 10.4 Å². The van der Waals surface area contributed by atoms with Crippen molar-refractivity contribution < 1.29 is 5.11 Å². The van der Waals surface area contributed by atoms with Crippen molar-refractivity contribution in [3.63, 3.8) is 0 Å². The summed E-state index contributed by atoms with van der Waals surface area (Å²) in [6.45, 7) is 5.72. The molecule has 0 aromatic rings. The summed E-state index contributed by atoms with van der Waals surface area (Å²) in [5.74, 6) is 0. The highest BCUT2D eigenvalue weighted by Gasteiger charge is 1.87. The van der Waals surface area contributed by atoms with Crippen LogP contribution in [-0.2, 0) is 0 Å². The van der Waals surface area contributed by atoms with Crippen molar-refractivity contribution >= 4 is 0 Å². The summed E-state index contributed by atoms with van der Waals surface area (Å²) in [6, 6.07) is 0. The maximum atomic E-state index is 8.57. The Morgan fingerprint density at radius 3 is 2.71 bits per heavy atom. The molecule has 7 heavy (non-hydrogen) atoms. The molecule has 0 heterocycles. The molecule has 0 saturated heterocycles. The monoisotopic (exact) mass is 101 g/mol. The Bertz CT molecular complexity index is 52.0. The fourth-order valence-electron chi connectivity index (χ4n) is 0.254. The minimum absolute atomic E-state index is 0.280. The SMILES string of the molecule is C=CNC[C@H](C)O. The standard InChI is InChI=1S/C5H11NO/c1-3-6-4-5(2)7/h3,5-7H,1,4H2,2H3/t5-/m0/s1. The first-order valence-electron chi connectivity index (χ1n) is 2.29. The lowest BCUT2D eigenvalue weighted by atomic mass is 10.4. The van der Waals surface area contributed by atoms with Crippen LogP contribution < -0.4 is 5.32 Å². The number of aliphatic hydroxyl groups is 1. The molecule has 2 heteroatoms. The third-order valence-electron chi connectivity index (χ3n) is 0.558. The summed E-state index contributed by atoms with van der Waals surface area (Å²) in [4.78, 5) is 0. The molecule has 0 aliphatic carbocycles. The van der Waals surface area contributed by atoms with Crippen LogP contribution >= 0.6 is 0 Å². The first-order valence-corrected chi connectivity index (χ1v) is 2.29. The third kappa shape index (κ3) is 5.50. The van der Waals surface area contributed by atoms with E-state index in [4.69, 9.17) is 5.11 Å². The summed E-state index contributed by atoms with van der Waals surface area (Å²) in [6.07, 6.45) is 1.28. The minimum atomic E-state index is -0.280. The van der Waals surface area contributed by atoms with E-state index in [1.54, 1.807) is 13.1 Å². The summed E-state index contributed by atoms with van der Waals surface area (Å²) in [5, 5.41) is 11.3. The zero-order chi connectivity index (χ0) is 5.70. The molecule has 0 aliphatic rings. The van der Waals surface area contributed by atoms with Crippen LogP contribution in [0.5, 0.6) is 0 Å². The molecule has 0 radical (unpaired) electrons. The molecule has 0 amide bonds. The van der Waals surface area contributed by atoms with Crippen molar-refractivity contribution in [1.29, 1.82) is 0 Å². The van der Waals surface area contributed by atoms with Crippen LogP contribution in [0.15, 0.2) is 12.8 Å². The summed E-state index contributed by atoms with van der Waals surface area (Å²) in [7, 11) is 0. The lowest BCUT2D eigenvalue weighted by Gasteiger charge is -2.00. The third-order valence-corrected chi connectivity index (χ3v) is 0.558. The Balaban J connectivity index is 2.81. The fourth-order valence-corrected chi connectivity index (χ4v) is 0.254. The second-order valence-corrected chi connectivity index (χ2v) is 1.46. The Morgan fingerprint density at radius 1 is 2.00 bits per heavy atom. The summed E-state index contributed by atoms with van der Waals surface area (Å²) >= 11 is 0. The first kappa shape index (κ1) is 6.50. The van der Waals surface area contributed by atoms with E-state index >= 15 is 0 Å². The van der Waals surface area contributed by atoms with Crippen molar-refractivity contribution in [3.05, 3.63) is 12.8 Å². The van der Waals surface area contributed by atoms with E-state index < -0.39 is 0 Å². The Hall–Kier alpha value is -0.500. The molecule has 42 valence electrons. The van der Waals surface area contributed by atoms with Gasteiger partial charge in [-0.15, -0.1) is 0 Å². The molecular weight excluding hydrogens is 90.1 g/mol. The summed E-state index contributed by atoms with van der Waals surface area (Å²) < 4.78 is 0. The van der Waals surface area contributed by atoms with Crippen molar-refractivity contribution in [2.24, 2.45) is 0 Å². The van der Waals surface area contributed by atoms with Gasteiger partial charge >= 0.3 is 0 Å². The van der Waals surface area contributed by atoms with E-state index in [2.05, 4.69) is 11.9 Å². The van der Waals surface area contributed by atoms with Gasteiger partial charge in [0.2, 0.25) is 0 Å². The van der Waals surface area contributed by atoms with Gasteiger partial charge in [-0.25, -0.2) is 0 Å². The van der Waals surface area contributed by atoms with Crippen molar-refractivity contribution in [3.8, 4) is 0 Å². The Kier molecular flexibility index (Phi) is 3.42. The maximum Gasteiger partial charge on any atom is 0.0684 e. The van der Waals surface area contributed by atoms with E-state index in [0.29, 0.717) is 6.54 Å². The van der Waals surface area contributed by atoms with Crippen LogP contribution in [0.3, 0.4) is 0 Å². The van der Waals surface area contributed by atoms with Gasteiger partial charge in [0.15, 0.2) is 0 Å². The van der Waals surface area contributed by atoms with E-state index in [1.807, 2.05) is 0 Å². The molecule has 0 rings (SSSR count). The maximum absolute atomic E-state index is 8.57. The van der Waals surface area contributed by atoms with E-state index in [1.165, 1.54) is 0 Å². The molecule has 1 atom stereocenters. The van der Waals surface area contributed by atoms with Crippen molar-refractivity contribution in [2.45, 2.75) is 13.0 Å². The van der Waals surface area contributed by atoms with Crippen LogP contribution in [0, 0.1) is 0 Å². The zero-order valence-electron chi connectivity index (χ0n) is 4.52. The highest BCUT2D eigenvalue weighted by molar-refractivity contribution is 4.64. The topological polar surface area (TPSA) is 32.3 Å². The molecular formula is C5H11NO. The molecule has 0 aromatic heterocycles. The number of hydrogen-bond acceptors (Lipinski definition) is 2. The van der Waals surface area contributed by atoms with Crippen LogP contribution in [0.25, 0.3) is 0 Å². The summed E-state index contributed by atoms with van der Waals surface area (Å²) in [5.41, 5.74) is 0. The van der Waals surface area contributed by atoms with Crippen LogP contribution in [0.2, 0.25) is 0 Å². The molecule has 0 aliphatic heterocycles. The fraction of sp³-hybridized carbons (Fsp3) is 0.600. The predicted molar refractivity (Wildman–Crippen MR) is 29.9 cm³/mol. The smallest absolute Gasteiger partial charge is 0.0684 e. The van der Waals surface area contributed by atoms with Gasteiger partial charge in [0.25, 0.3) is 0 Å². The minimum Gasteiger partial charge on any atom is -0.392 e. The average molecular weight is 101 g/mol. The lowest BCUT2D eigenvalue weighted by Crippen LogP contribution is -2.18. The normalized spacial score (nSPS) is 12.9. The molecule has 0 bridgehead atoms. The van der Waals surface area contributed by atoms with E-state index in [0.717, 1.165) is 0 Å². The van der Waals surface area contributed by atoms with Crippen LogP contribution in [-0.4, -0.2) is 17.8 Å². The van der Waals surface area contributed by atoms with Gasteiger partial charge in [0, 0.05) is 6.54 Å². The van der Waals surface area contributed by atoms with Gasteiger partial charge in [-0.05, 0) is 13.1 Å². The molecule has 2 nitrogen and oxygen atoms in total. The van der Waals surface area contributed by atoms with Crippen LogP contribution in [0.4, 0.5) is 0 Å². The molecule has 0 fully saturated rings. The van der Waals surface area contributed by atoms with Gasteiger partial charge in [-0.1, -0.05) is 6.58 Å². The Morgan fingerprint density at radius 2 is 2.57 bits per heavy atom. The van der Waals surface area contributed by atoms with Gasteiger partial charge in [0.05, 0.1) is 6.10 Å². The highest BCUT2D eigenvalue weighted by atomic mass is 16.3. The van der Waals surface area contributed by atoms with Gasteiger partial charge in [-0.3, -0.25) is 0 Å². The number of nitrogens with one attached hydrogen (secondary N) is 1. The molecule has 0 unspecified atom stereocenters. The highest BCUT2D eigenvalue weighted by Crippen LogP contribution is 1.71. The Labute approximate surface area is 43.9 Å². The number of rotatable bonds is 3. The van der Waals surface area contributed by atoms with Gasteiger partial charge in [0.1, 0.15) is 0 Å². The molecule has 0 aromatic carbocycles. The van der Waals surface area contributed by atoms with E-state index in [-0.39, 0.29) is 6.10 Å². The zero-order valence-corrected chi connectivity index (χ0v) is 4.52. The number of aliphatic hydroxyl groups excluding tert-OH is 1. The largest absolute Gasteiger partial charge is 0.392 e. The van der Waals surface area contributed by atoms with Crippen molar-refractivity contribution in [2.75, 3.05) is 6.54 Å². The predicted octanol–water partition coefficient (Wildman–Crippen LogP) is 0.100. The molecule has 0 spiro atoms. The lowest BCUT2D eigenvalue weighted by molar-refractivity contribution is 0.196. The van der Waals surface area contributed by atoms with Crippen molar-refractivity contribution in [1.82, 2.24) is 5.32 Å². The second-order valence-electron chi connectivity index (χ2n) is 1.46. The average Bonchev–Trinajstić information content (AvgIpc) is 1.61. The van der Waals surface area contributed by atoms with Gasteiger partial charge in [-0.2, -0.15) is 0 Å². The molecule has 0 saturated carbocycles. The first-order chi connectivity index (χ1) is 3.27. The van der Waals surface area contributed by atoms with Crippen LogP contribution in [0.1, 0.15) is 6.92 Å². The molecule has 2 N–H and O–H groups in total. The quantitative estimate of drug-likeness (QED) is 0.528.